The molecule has 6 heterocycles. The van der Waals surface area contributed by atoms with E-state index >= 15 is 4.79 Å². The molecule has 826 valence electrons. The third-order valence-corrected chi connectivity index (χ3v) is 27.8. The molecule has 26 atom stereocenters. The Kier molecular flexibility index (Phi) is 64.0. The zero-order valence-corrected chi connectivity index (χ0v) is 90.0. The van der Waals surface area contributed by atoms with Gasteiger partial charge in [-0.2, -0.15) is 0 Å². The molecule has 6 rings (SSSR count). The largest absolute Gasteiger partial charge is 0.456 e. The minimum atomic E-state index is -2.09. The van der Waals surface area contributed by atoms with E-state index in [1.807, 2.05) is 0 Å². The highest BCUT2D eigenvalue weighted by Gasteiger charge is 2.62. The fourth-order valence-electron chi connectivity index (χ4n) is 20.3. The lowest BCUT2D eigenvalue weighted by molar-refractivity contribution is -0.400. The number of hydrogen-bond acceptors (Lipinski definition) is 33. The average molecular weight is 2040 g/mol. The molecule has 1 N–H and O–H groups in total. The lowest BCUT2D eigenvalue weighted by Gasteiger charge is -2.52. The van der Waals surface area contributed by atoms with Gasteiger partial charge in [0.05, 0.1) is 37.1 Å². The molecule has 33 heteroatoms. The molecule has 0 amide bonds. The maximum Gasteiger partial charge on any atom is 0.306 e. The Hall–Kier alpha value is -6.27. The molecule has 0 spiro atoms. The number of unbranched alkanes of at least 4 members (excludes halogenated alkanes) is 40. The van der Waals surface area contributed by atoms with Crippen molar-refractivity contribution in [3.05, 3.63) is 0 Å². The first kappa shape index (κ1) is 125. The van der Waals surface area contributed by atoms with Gasteiger partial charge >= 0.3 is 65.7 Å². The molecule has 0 aliphatic carbocycles. The van der Waals surface area contributed by atoms with Gasteiger partial charge in [-0.15, -0.1) is 0 Å². The molecule has 143 heavy (non-hydrogen) atoms. The lowest BCUT2D eigenvalue weighted by atomic mass is 9.94. The van der Waals surface area contributed by atoms with E-state index < -0.39 is 232 Å². The van der Waals surface area contributed by atoms with Crippen LogP contribution in [0.15, 0.2) is 0 Å². The van der Waals surface area contributed by atoms with Gasteiger partial charge in [-0.3, -0.25) is 52.7 Å². The van der Waals surface area contributed by atoms with Crippen molar-refractivity contribution in [2.75, 3.05) is 6.61 Å². The van der Waals surface area contributed by atoms with Gasteiger partial charge in [-0.1, -0.05) is 329 Å². The second-order valence-corrected chi connectivity index (χ2v) is 40.8. The summed E-state index contributed by atoms with van der Waals surface area (Å²) in [6.07, 6.45) is 9.35. The summed E-state index contributed by atoms with van der Waals surface area (Å²) in [5.41, 5.74) is 0. The van der Waals surface area contributed by atoms with Gasteiger partial charge in [-0.25, -0.2) is 0 Å². The van der Waals surface area contributed by atoms with E-state index in [4.69, 9.17) is 99.5 Å². The monoisotopic (exact) mass is 2040 g/mol. The van der Waals surface area contributed by atoms with Gasteiger partial charge in [0.1, 0.15) is 24.4 Å². The van der Waals surface area contributed by atoms with Crippen LogP contribution in [0.4, 0.5) is 0 Å². The summed E-state index contributed by atoms with van der Waals surface area (Å²) in [4.78, 5) is 155. The minimum Gasteiger partial charge on any atom is -0.456 e. The molecular weight excluding hydrogens is 1850 g/mol. The first-order valence-corrected chi connectivity index (χ1v) is 56.1. The zero-order chi connectivity index (χ0) is 104. The summed E-state index contributed by atoms with van der Waals surface area (Å²) in [6.45, 7) is 21.7. The average Bonchev–Trinajstić information content (AvgIpc) is 0.751. The van der Waals surface area contributed by atoms with Gasteiger partial charge in [0.2, 0.25) is 0 Å². The van der Waals surface area contributed by atoms with Crippen LogP contribution in [-0.2, 0) is 152 Å². The standard InChI is InChI=1S/C110H188O33/c1-16-20-24-27-30-33-36-39-40-43-46-48-53-58-64-70-88(120)137-95-86(73-111)135-110(102(133-84(15)118)100(95)131-82(13)116)142-99-94(141-107-101(132-83(14)117)97(129-80(11)114)92(75(6)124-107)136-87(119)69-63-57-52-47-44-41-37-34-31-28-25-21-17-2)77(8)125-108(104(99)139-90(122)72-65-59-54-49-45-42-38-35-32-29-26-22-18-3)140-93-76(7)126-109-103(98(93)130-81(12)115)138-89(121)71-66-60-55-50-51-56-62-68-85(67-61-23-19-4)134-106-105(143-109)96(128-79(10)113)91(74(5)123-106)127-78(9)112/h74-77,85-86,91-111H,16-73H2,1-15H3/t74-,75+,76+,77-,85+,86-,91+,92+,93+,94+,95-,96+,97-,98-,99-,100+,101-,102-,103-,104-,105-,106+,107+,108+,109+,110+/m1/s1. The quantitative estimate of drug-likeness (QED) is 0.0336. The highest BCUT2D eigenvalue weighted by atomic mass is 16.8. The normalized spacial score (nSPS) is 29.4. The predicted molar refractivity (Wildman–Crippen MR) is 532 cm³/mol. The van der Waals surface area contributed by atoms with Crippen LogP contribution in [0, 0.1) is 0 Å². The third-order valence-electron chi connectivity index (χ3n) is 27.8. The second kappa shape index (κ2) is 73.0. The number of fused-ring (bicyclic) bond motifs is 2. The van der Waals surface area contributed by atoms with Crippen LogP contribution < -0.4 is 0 Å². The van der Waals surface area contributed by atoms with Crippen LogP contribution in [0.2, 0.25) is 0 Å². The van der Waals surface area contributed by atoms with Crippen molar-refractivity contribution in [3.63, 3.8) is 0 Å². The summed E-state index contributed by atoms with van der Waals surface area (Å²) in [5.74, 6) is -9.35. The van der Waals surface area contributed by atoms with Crippen molar-refractivity contribution in [1.29, 1.82) is 0 Å². The van der Waals surface area contributed by atoms with E-state index in [2.05, 4.69) is 27.7 Å². The molecule has 0 aromatic heterocycles. The number of carbonyl (C=O) groups excluding carboxylic acids is 11. The van der Waals surface area contributed by atoms with Crippen LogP contribution in [0.3, 0.4) is 0 Å². The molecule has 0 bridgehead atoms. The van der Waals surface area contributed by atoms with Gasteiger partial charge < -0.3 is 105 Å². The topological polar surface area (TPSA) is 402 Å². The molecule has 6 aliphatic rings. The van der Waals surface area contributed by atoms with E-state index in [0.717, 1.165) is 189 Å². The van der Waals surface area contributed by atoms with E-state index in [1.54, 1.807) is 6.92 Å². The maximum absolute atomic E-state index is 15.5. The number of carbonyl (C=O) groups is 11. The molecule has 6 fully saturated rings. The van der Waals surface area contributed by atoms with Crippen molar-refractivity contribution in [1.82, 2.24) is 0 Å². The van der Waals surface area contributed by atoms with Crippen molar-refractivity contribution in [2.24, 2.45) is 0 Å². The molecule has 6 saturated heterocycles. The number of hydrogen-bond donors (Lipinski definition) is 1. The van der Waals surface area contributed by atoms with Crippen LogP contribution in [0.5, 0.6) is 0 Å². The van der Waals surface area contributed by atoms with Gasteiger partial charge in [0.25, 0.3) is 0 Å². The van der Waals surface area contributed by atoms with Crippen LogP contribution >= 0.6 is 0 Å². The molecular formula is C110H188O33. The van der Waals surface area contributed by atoms with E-state index in [0.29, 0.717) is 57.8 Å². The number of aliphatic hydroxyl groups excluding tert-OH is 1. The molecule has 0 saturated carbocycles. The number of ether oxygens (including phenoxy) is 21. The number of esters is 11. The highest BCUT2D eigenvalue weighted by molar-refractivity contribution is 5.73. The van der Waals surface area contributed by atoms with Crippen LogP contribution in [0.1, 0.15) is 470 Å². The van der Waals surface area contributed by atoms with E-state index in [1.165, 1.54) is 163 Å². The SMILES string of the molecule is CCCCCCCCCCCCCCCCCC(=O)O[C@H]1[C@H](OC(C)=O)[C@@H](OC(C)=O)[C@H](O[C@@H]2[C@@H](O[C@@H]3O[C@@H](C)[C@H](OC(=O)CCCCCCCCCCCCCCC)[C@@H](OC(C)=O)[C@H]3OC(C)=O)[C@@H](C)O[C@@H](O[C@@H]3[C@@H](OC(C)=O)[C@H]4OC(=O)CCCCCCCCC[C@H](CCCCC)O[C@@H]5O[C@H](C)[C@H](OC(C)=O)[C@H](OC(C)=O)[C@H]5O[C@@H]4O[C@H]3C)[C@@H]2OC(=O)CCCCCCCCCCCCCCC)O[C@@H]1CO. The smallest absolute Gasteiger partial charge is 0.306 e. The fraction of sp³-hybridized carbons (Fsp3) is 0.900. The fourth-order valence-corrected chi connectivity index (χ4v) is 20.3. The van der Waals surface area contributed by atoms with Crippen LogP contribution in [-0.4, -0.2) is 237 Å². The number of aliphatic hydroxyl groups is 1. The van der Waals surface area contributed by atoms with E-state index in [-0.39, 0.29) is 25.7 Å². The van der Waals surface area contributed by atoms with E-state index in [9.17, 15) is 53.1 Å². The predicted octanol–water partition coefficient (Wildman–Crippen LogP) is 21.1. The maximum atomic E-state index is 15.5. The minimum absolute atomic E-state index is 0.0177. The molecule has 33 nitrogen and oxygen atoms in total. The van der Waals surface area contributed by atoms with Gasteiger partial charge in [0.15, 0.2) is 105 Å². The van der Waals surface area contributed by atoms with Crippen molar-refractivity contribution >= 4 is 65.7 Å². The van der Waals surface area contributed by atoms with Crippen LogP contribution in [0.25, 0.3) is 0 Å². The Labute approximate surface area is 854 Å². The van der Waals surface area contributed by atoms with Crippen molar-refractivity contribution < 1.29 is 157 Å². The Balaban J connectivity index is 1.50. The highest BCUT2D eigenvalue weighted by Crippen LogP contribution is 2.43. The summed E-state index contributed by atoms with van der Waals surface area (Å²) in [5, 5.41) is 11.6. The second-order valence-electron chi connectivity index (χ2n) is 40.8. The molecule has 0 radical (unpaired) electrons. The third kappa shape index (κ3) is 48.5. The van der Waals surface area contributed by atoms with Gasteiger partial charge in [0, 0.05) is 74.1 Å². The zero-order valence-electron chi connectivity index (χ0n) is 90.0. The molecule has 0 unspecified atom stereocenters. The Morgan fingerprint density at radius 1 is 0.266 bits per heavy atom. The Bertz CT molecular complexity index is 3550. The molecule has 0 aromatic carbocycles. The first-order chi connectivity index (χ1) is 68.9. The molecule has 0 aromatic rings. The number of rotatable bonds is 65. The Morgan fingerprint density at radius 2 is 0.538 bits per heavy atom. The first-order valence-electron chi connectivity index (χ1n) is 56.1. The summed E-state index contributed by atoms with van der Waals surface area (Å²) in [6, 6.07) is 0. The summed E-state index contributed by atoms with van der Waals surface area (Å²) in [7, 11) is 0. The van der Waals surface area contributed by atoms with Crippen molar-refractivity contribution in [3.8, 4) is 0 Å². The summed E-state index contributed by atoms with van der Waals surface area (Å²) < 4.78 is 138. The van der Waals surface area contributed by atoms with Gasteiger partial charge in [-0.05, 0) is 66.2 Å². The molecule has 6 aliphatic heterocycles. The van der Waals surface area contributed by atoms with Crippen molar-refractivity contribution in [2.45, 2.75) is 629 Å². The lowest BCUT2D eigenvalue weighted by Crippen LogP contribution is -2.69. The summed E-state index contributed by atoms with van der Waals surface area (Å²) >= 11 is 0. The Morgan fingerprint density at radius 3 is 0.937 bits per heavy atom.